The quantitative estimate of drug-likeness (QED) is 0.501. The highest BCUT2D eigenvalue weighted by Crippen LogP contribution is 2.41. The molecule has 1 saturated heterocycles. The lowest BCUT2D eigenvalue weighted by Gasteiger charge is -2.26. The van der Waals surface area contributed by atoms with Crippen LogP contribution in [0.15, 0.2) is 36.4 Å². The first-order chi connectivity index (χ1) is 17.4. The standard InChI is InChI=1S/C28H36N2O6/c1-4-33-24-17-20(11-12-22(24)35-19-25(31)30-14-6-5-7-15-30)27(32)29-13-16-34-23-10-8-9-21-18-28(2,3)36-26(21)23/h8-12,17H,4-7,13-16,18-19H2,1-3H3,(H,29,32). The highest BCUT2D eigenvalue weighted by Gasteiger charge is 2.32. The van der Waals surface area contributed by atoms with E-state index in [4.69, 9.17) is 18.9 Å². The van der Waals surface area contributed by atoms with E-state index in [1.165, 1.54) is 0 Å². The second-order valence-electron chi connectivity index (χ2n) is 9.71. The van der Waals surface area contributed by atoms with Crippen molar-refractivity contribution in [2.24, 2.45) is 0 Å². The third kappa shape index (κ3) is 6.42. The molecule has 0 radical (unpaired) electrons. The zero-order chi connectivity index (χ0) is 25.5. The fraction of sp³-hybridized carbons (Fsp3) is 0.500. The SMILES string of the molecule is CCOc1cc(C(=O)NCCOc2cccc3c2OC(C)(C)C3)ccc1OCC(=O)N1CCCCC1. The van der Waals surface area contributed by atoms with E-state index in [1.54, 1.807) is 18.2 Å². The summed E-state index contributed by atoms with van der Waals surface area (Å²) in [6.07, 6.45) is 4.06. The van der Waals surface area contributed by atoms with E-state index in [9.17, 15) is 9.59 Å². The molecule has 0 atom stereocenters. The molecule has 1 N–H and O–H groups in total. The smallest absolute Gasteiger partial charge is 0.260 e. The fourth-order valence-electron chi connectivity index (χ4n) is 4.54. The lowest BCUT2D eigenvalue weighted by molar-refractivity contribution is -0.134. The van der Waals surface area contributed by atoms with Gasteiger partial charge in [-0.1, -0.05) is 12.1 Å². The van der Waals surface area contributed by atoms with Crippen LogP contribution in [0.3, 0.4) is 0 Å². The number of amides is 2. The Morgan fingerprint density at radius 2 is 1.81 bits per heavy atom. The van der Waals surface area contributed by atoms with Crippen molar-refractivity contribution >= 4 is 11.8 Å². The molecule has 0 unspecified atom stereocenters. The van der Waals surface area contributed by atoms with Crippen molar-refractivity contribution in [3.8, 4) is 23.0 Å². The third-order valence-corrected chi connectivity index (χ3v) is 6.27. The number of rotatable bonds is 10. The molecule has 0 bridgehead atoms. The first kappa shape index (κ1) is 25.7. The van der Waals surface area contributed by atoms with E-state index in [-0.39, 0.29) is 24.0 Å². The van der Waals surface area contributed by atoms with E-state index >= 15 is 0 Å². The van der Waals surface area contributed by atoms with Gasteiger partial charge in [0.05, 0.1) is 13.2 Å². The van der Waals surface area contributed by atoms with Crippen LogP contribution in [0.2, 0.25) is 0 Å². The molecule has 2 aliphatic heterocycles. The van der Waals surface area contributed by atoms with Crippen molar-refractivity contribution in [2.45, 2.75) is 52.1 Å². The van der Waals surface area contributed by atoms with Gasteiger partial charge in [0.15, 0.2) is 29.6 Å². The van der Waals surface area contributed by atoms with Gasteiger partial charge in [-0.25, -0.2) is 0 Å². The summed E-state index contributed by atoms with van der Waals surface area (Å²) >= 11 is 0. The molecule has 2 heterocycles. The first-order valence-electron chi connectivity index (χ1n) is 12.8. The van der Waals surface area contributed by atoms with Gasteiger partial charge in [-0.2, -0.15) is 0 Å². The maximum atomic E-state index is 12.7. The summed E-state index contributed by atoms with van der Waals surface area (Å²) in [6.45, 7) is 8.53. The van der Waals surface area contributed by atoms with Crippen molar-refractivity contribution in [1.29, 1.82) is 0 Å². The minimum absolute atomic E-state index is 0.0306. The Labute approximate surface area is 212 Å². The molecule has 2 aliphatic rings. The van der Waals surface area contributed by atoms with Crippen molar-refractivity contribution in [2.75, 3.05) is 39.5 Å². The normalized spacial score (nSPS) is 16.0. The fourth-order valence-corrected chi connectivity index (χ4v) is 4.54. The summed E-state index contributed by atoms with van der Waals surface area (Å²) < 4.78 is 23.4. The molecule has 2 aromatic carbocycles. The number of piperidine rings is 1. The number of nitrogens with zero attached hydrogens (tertiary/aromatic N) is 1. The summed E-state index contributed by atoms with van der Waals surface area (Å²) in [5.74, 6) is 2.08. The predicted molar refractivity (Wildman–Crippen MR) is 136 cm³/mol. The average molecular weight is 497 g/mol. The van der Waals surface area contributed by atoms with Gasteiger partial charge in [0.25, 0.3) is 11.8 Å². The van der Waals surface area contributed by atoms with Crippen molar-refractivity contribution < 1.29 is 28.5 Å². The Morgan fingerprint density at radius 1 is 1.00 bits per heavy atom. The van der Waals surface area contributed by atoms with Crippen molar-refractivity contribution in [3.63, 3.8) is 0 Å². The molecule has 0 spiro atoms. The third-order valence-electron chi connectivity index (χ3n) is 6.27. The molecule has 8 heteroatoms. The van der Waals surface area contributed by atoms with Crippen molar-refractivity contribution in [1.82, 2.24) is 10.2 Å². The maximum absolute atomic E-state index is 12.7. The minimum atomic E-state index is -0.245. The number of benzene rings is 2. The predicted octanol–water partition coefficient (Wildman–Crippen LogP) is 4.00. The van der Waals surface area contributed by atoms with Crippen molar-refractivity contribution in [3.05, 3.63) is 47.5 Å². The average Bonchev–Trinajstić information content (AvgIpc) is 3.20. The number of nitrogens with one attached hydrogen (secondary N) is 1. The van der Waals surface area contributed by atoms with Crippen LogP contribution in [0.4, 0.5) is 0 Å². The number of hydrogen-bond acceptors (Lipinski definition) is 6. The van der Waals surface area contributed by atoms with Gasteiger partial charge in [-0.3, -0.25) is 9.59 Å². The summed E-state index contributed by atoms with van der Waals surface area (Å²) in [7, 11) is 0. The van der Waals surface area contributed by atoms with Gasteiger partial charge in [0.2, 0.25) is 0 Å². The number of carbonyl (C=O) groups excluding carboxylic acids is 2. The van der Waals surface area contributed by atoms with Gasteiger partial charge in [0, 0.05) is 30.6 Å². The van der Waals surface area contributed by atoms with E-state index in [1.807, 2.05) is 30.0 Å². The highest BCUT2D eigenvalue weighted by molar-refractivity contribution is 5.94. The number of likely N-dealkylation sites (tertiary alicyclic amines) is 1. The Morgan fingerprint density at radius 3 is 2.58 bits per heavy atom. The number of fused-ring (bicyclic) bond motifs is 1. The Hall–Kier alpha value is -3.42. The molecule has 0 saturated carbocycles. The number of ether oxygens (including phenoxy) is 4. The van der Waals surface area contributed by atoms with E-state index < -0.39 is 0 Å². The highest BCUT2D eigenvalue weighted by atomic mass is 16.5. The maximum Gasteiger partial charge on any atom is 0.260 e. The largest absolute Gasteiger partial charge is 0.490 e. The van der Waals surface area contributed by atoms with Gasteiger partial charge in [0.1, 0.15) is 12.2 Å². The summed E-state index contributed by atoms with van der Waals surface area (Å²) in [5.41, 5.74) is 1.33. The molecule has 194 valence electrons. The molecular weight excluding hydrogens is 460 g/mol. The minimum Gasteiger partial charge on any atom is -0.490 e. The molecule has 0 aromatic heterocycles. The van der Waals surface area contributed by atoms with Gasteiger partial charge >= 0.3 is 0 Å². The van der Waals surface area contributed by atoms with Crippen LogP contribution in [0.1, 0.15) is 56.0 Å². The van der Waals surface area contributed by atoms with E-state index in [0.29, 0.717) is 42.6 Å². The van der Waals surface area contributed by atoms with E-state index in [2.05, 4.69) is 19.2 Å². The lowest BCUT2D eigenvalue weighted by Crippen LogP contribution is -2.38. The monoisotopic (exact) mass is 496 g/mol. The zero-order valence-electron chi connectivity index (χ0n) is 21.4. The molecule has 36 heavy (non-hydrogen) atoms. The molecular formula is C28H36N2O6. The number of para-hydroxylation sites is 1. The Bertz CT molecular complexity index is 1080. The van der Waals surface area contributed by atoms with Gasteiger partial charge < -0.3 is 29.2 Å². The summed E-state index contributed by atoms with van der Waals surface area (Å²) in [6, 6.07) is 10.9. The number of carbonyl (C=O) groups is 2. The molecule has 8 nitrogen and oxygen atoms in total. The summed E-state index contributed by atoms with van der Waals surface area (Å²) in [4.78, 5) is 27.0. The van der Waals surface area contributed by atoms with Crippen LogP contribution >= 0.6 is 0 Å². The van der Waals surface area contributed by atoms with Crippen LogP contribution < -0.4 is 24.3 Å². The van der Waals surface area contributed by atoms with Crippen LogP contribution in [0.25, 0.3) is 0 Å². The zero-order valence-corrected chi connectivity index (χ0v) is 21.4. The number of hydrogen-bond donors (Lipinski definition) is 1. The molecule has 2 amide bonds. The first-order valence-corrected chi connectivity index (χ1v) is 12.8. The lowest BCUT2D eigenvalue weighted by atomic mass is 10.0. The second kappa shape index (κ2) is 11.5. The van der Waals surface area contributed by atoms with Gasteiger partial charge in [-0.15, -0.1) is 0 Å². The van der Waals surface area contributed by atoms with Crippen LogP contribution in [-0.4, -0.2) is 61.8 Å². The molecule has 1 fully saturated rings. The molecule has 0 aliphatic carbocycles. The Balaban J connectivity index is 1.29. The second-order valence-corrected chi connectivity index (χ2v) is 9.71. The van der Waals surface area contributed by atoms with Gasteiger partial charge in [-0.05, 0) is 64.3 Å². The summed E-state index contributed by atoms with van der Waals surface area (Å²) in [5, 5.41) is 2.87. The van der Waals surface area contributed by atoms with E-state index in [0.717, 1.165) is 50.1 Å². The topological polar surface area (TPSA) is 86.3 Å². The van der Waals surface area contributed by atoms with Crippen LogP contribution in [0, 0.1) is 0 Å². The van der Waals surface area contributed by atoms with Crippen LogP contribution in [0.5, 0.6) is 23.0 Å². The van der Waals surface area contributed by atoms with Crippen LogP contribution in [-0.2, 0) is 11.2 Å². The molecule has 2 aromatic rings. The molecule has 4 rings (SSSR count). The Kier molecular flexibility index (Phi) is 8.23.